The molecule has 0 spiro atoms. The maximum atomic E-state index is 11.7. The first-order chi connectivity index (χ1) is 8.54. The Morgan fingerprint density at radius 3 is 2.78 bits per heavy atom. The van der Waals surface area contributed by atoms with Gasteiger partial charge in [0.15, 0.2) is 0 Å². The van der Waals surface area contributed by atoms with Gasteiger partial charge >= 0.3 is 5.97 Å². The van der Waals surface area contributed by atoms with Gasteiger partial charge in [0, 0.05) is 12.2 Å². The van der Waals surface area contributed by atoms with Crippen molar-refractivity contribution < 1.29 is 14.3 Å². The summed E-state index contributed by atoms with van der Waals surface area (Å²) in [6.45, 7) is 4.32. The summed E-state index contributed by atoms with van der Waals surface area (Å²) in [5.41, 5.74) is 7.34. The van der Waals surface area contributed by atoms with Crippen molar-refractivity contribution in [1.29, 1.82) is 0 Å². The van der Waals surface area contributed by atoms with Gasteiger partial charge in [0.25, 0.3) is 0 Å². The predicted octanol–water partition coefficient (Wildman–Crippen LogP) is 1.26. The van der Waals surface area contributed by atoms with E-state index in [-0.39, 0.29) is 18.9 Å². The van der Waals surface area contributed by atoms with Crippen molar-refractivity contribution in [3.05, 3.63) is 29.3 Å². The lowest BCUT2D eigenvalue weighted by molar-refractivity contribution is -0.121. The normalized spacial score (nSPS) is 9.89. The maximum Gasteiger partial charge on any atom is 0.340 e. The van der Waals surface area contributed by atoms with E-state index in [9.17, 15) is 9.59 Å². The molecule has 0 bridgehead atoms. The third-order valence-corrected chi connectivity index (χ3v) is 2.36. The minimum absolute atomic E-state index is 0.0536. The first kappa shape index (κ1) is 14.0. The second-order valence-electron chi connectivity index (χ2n) is 3.93. The second kappa shape index (κ2) is 6.64. The summed E-state index contributed by atoms with van der Waals surface area (Å²) in [5, 5.41) is 2.62. The second-order valence-corrected chi connectivity index (χ2v) is 3.93. The molecule has 0 aliphatic carbocycles. The highest BCUT2D eigenvalue weighted by Gasteiger charge is 2.11. The Kier molecular flexibility index (Phi) is 5.17. The number of anilines is 1. The Hall–Kier alpha value is -2.04. The van der Waals surface area contributed by atoms with Crippen molar-refractivity contribution in [3.63, 3.8) is 0 Å². The first-order valence-corrected chi connectivity index (χ1v) is 5.84. The molecule has 0 aromatic heterocycles. The van der Waals surface area contributed by atoms with Crippen molar-refractivity contribution in [1.82, 2.24) is 5.32 Å². The van der Waals surface area contributed by atoms with Gasteiger partial charge < -0.3 is 15.8 Å². The molecular weight excluding hydrogens is 232 g/mol. The molecule has 0 fully saturated rings. The minimum atomic E-state index is -0.500. The van der Waals surface area contributed by atoms with E-state index in [0.29, 0.717) is 17.8 Å². The van der Waals surface area contributed by atoms with Crippen LogP contribution in [0.4, 0.5) is 5.69 Å². The van der Waals surface area contributed by atoms with Crippen LogP contribution < -0.4 is 11.1 Å². The van der Waals surface area contributed by atoms with Gasteiger partial charge in [-0.25, -0.2) is 4.79 Å². The fraction of sp³-hybridized carbons (Fsp3) is 0.385. The Morgan fingerprint density at radius 1 is 1.39 bits per heavy atom. The number of aryl methyl sites for hydroxylation is 1. The molecule has 5 heteroatoms. The van der Waals surface area contributed by atoms with Crippen molar-refractivity contribution in [2.24, 2.45) is 0 Å². The topological polar surface area (TPSA) is 81.4 Å². The number of hydrogen-bond acceptors (Lipinski definition) is 4. The van der Waals surface area contributed by atoms with Crippen LogP contribution in [0.15, 0.2) is 18.2 Å². The Balaban J connectivity index is 2.50. The van der Waals surface area contributed by atoms with Gasteiger partial charge in [-0.1, -0.05) is 11.6 Å². The molecule has 0 saturated heterocycles. The average molecular weight is 250 g/mol. The number of ether oxygens (including phenoxy) is 1. The van der Waals surface area contributed by atoms with Crippen molar-refractivity contribution in [2.75, 3.05) is 18.9 Å². The minimum Gasteiger partial charge on any atom is -0.461 e. The van der Waals surface area contributed by atoms with Crippen LogP contribution in [0, 0.1) is 6.92 Å². The van der Waals surface area contributed by atoms with Gasteiger partial charge in [-0.3, -0.25) is 4.79 Å². The molecule has 0 radical (unpaired) electrons. The van der Waals surface area contributed by atoms with Crippen LogP contribution in [0.25, 0.3) is 0 Å². The first-order valence-electron chi connectivity index (χ1n) is 5.84. The molecule has 1 aromatic rings. The molecule has 1 aromatic carbocycles. The predicted molar refractivity (Wildman–Crippen MR) is 69.2 cm³/mol. The quantitative estimate of drug-likeness (QED) is 0.609. The molecule has 18 heavy (non-hydrogen) atoms. The van der Waals surface area contributed by atoms with Gasteiger partial charge in [-0.15, -0.1) is 0 Å². The highest BCUT2D eigenvalue weighted by molar-refractivity contribution is 5.95. The van der Waals surface area contributed by atoms with E-state index < -0.39 is 5.97 Å². The van der Waals surface area contributed by atoms with Crippen molar-refractivity contribution in [3.8, 4) is 0 Å². The third kappa shape index (κ3) is 4.08. The molecule has 98 valence electrons. The lowest BCUT2D eigenvalue weighted by atomic mass is 10.1. The highest BCUT2D eigenvalue weighted by atomic mass is 16.5. The summed E-state index contributed by atoms with van der Waals surface area (Å²) in [7, 11) is 0. The van der Waals surface area contributed by atoms with E-state index in [1.54, 1.807) is 12.1 Å². The van der Waals surface area contributed by atoms with Crippen LogP contribution >= 0.6 is 0 Å². The lowest BCUT2D eigenvalue weighted by Gasteiger charge is -2.07. The molecule has 0 aliphatic heterocycles. The monoisotopic (exact) mass is 250 g/mol. The van der Waals surface area contributed by atoms with Crippen molar-refractivity contribution >= 4 is 17.6 Å². The smallest absolute Gasteiger partial charge is 0.340 e. The summed E-state index contributed by atoms with van der Waals surface area (Å²) >= 11 is 0. The number of nitrogens with one attached hydrogen (secondary N) is 1. The molecular formula is C13H18N2O3. The summed E-state index contributed by atoms with van der Waals surface area (Å²) < 4.78 is 5.00. The fourth-order valence-corrected chi connectivity index (χ4v) is 1.45. The molecule has 5 nitrogen and oxygen atoms in total. The molecule has 1 rings (SSSR count). The molecule has 3 N–H and O–H groups in total. The zero-order chi connectivity index (χ0) is 13.5. The van der Waals surface area contributed by atoms with Crippen LogP contribution in [-0.2, 0) is 9.53 Å². The molecule has 1 amide bonds. The van der Waals surface area contributed by atoms with E-state index in [1.165, 1.54) is 0 Å². The van der Waals surface area contributed by atoms with Crippen LogP contribution in [-0.4, -0.2) is 25.0 Å². The third-order valence-electron chi connectivity index (χ3n) is 2.36. The number of esters is 1. The highest BCUT2D eigenvalue weighted by Crippen LogP contribution is 2.14. The summed E-state index contributed by atoms with van der Waals surface area (Å²) in [6.07, 6.45) is 0.158. The fourth-order valence-electron chi connectivity index (χ4n) is 1.45. The Bertz CT molecular complexity index is 444. The van der Waals surface area contributed by atoms with Crippen LogP contribution in [0.2, 0.25) is 0 Å². The van der Waals surface area contributed by atoms with E-state index in [2.05, 4.69) is 5.32 Å². The van der Waals surface area contributed by atoms with E-state index in [0.717, 1.165) is 5.56 Å². The van der Waals surface area contributed by atoms with Crippen molar-refractivity contribution in [2.45, 2.75) is 20.3 Å². The van der Waals surface area contributed by atoms with Gasteiger partial charge in [0.1, 0.15) is 6.61 Å². The number of carbonyl (C=O) groups is 2. The number of benzene rings is 1. The zero-order valence-electron chi connectivity index (χ0n) is 10.7. The van der Waals surface area contributed by atoms with E-state index in [1.807, 2.05) is 19.9 Å². The van der Waals surface area contributed by atoms with Gasteiger partial charge in [0.2, 0.25) is 5.91 Å². The lowest BCUT2D eigenvalue weighted by Crippen LogP contribution is -2.24. The van der Waals surface area contributed by atoms with E-state index >= 15 is 0 Å². The molecule has 0 atom stereocenters. The number of carbonyl (C=O) groups excluding carboxylic acids is 2. The standard InChI is InChI=1S/C13H18N2O3/c1-3-15-12(16)6-7-18-13(17)10-8-9(2)4-5-11(10)14/h4-5,8H,3,6-7,14H2,1-2H3,(H,15,16). The molecule has 0 aliphatic rings. The number of hydrogen-bond donors (Lipinski definition) is 2. The summed E-state index contributed by atoms with van der Waals surface area (Å²) in [5.74, 6) is -0.636. The van der Waals surface area contributed by atoms with Crippen LogP contribution in [0.1, 0.15) is 29.3 Å². The Labute approximate surface area is 106 Å². The van der Waals surface area contributed by atoms with Crippen LogP contribution in [0.3, 0.4) is 0 Å². The SMILES string of the molecule is CCNC(=O)CCOC(=O)c1cc(C)ccc1N. The maximum absolute atomic E-state index is 11.7. The number of nitrogens with two attached hydrogens (primary N) is 1. The van der Waals surface area contributed by atoms with Crippen LogP contribution in [0.5, 0.6) is 0 Å². The molecule has 0 saturated carbocycles. The van der Waals surface area contributed by atoms with Gasteiger partial charge in [-0.2, -0.15) is 0 Å². The zero-order valence-corrected chi connectivity index (χ0v) is 10.7. The largest absolute Gasteiger partial charge is 0.461 e. The Morgan fingerprint density at radius 2 is 2.11 bits per heavy atom. The number of nitrogen functional groups attached to an aromatic ring is 1. The molecule has 0 heterocycles. The number of rotatable bonds is 5. The van der Waals surface area contributed by atoms with Gasteiger partial charge in [0.05, 0.1) is 12.0 Å². The summed E-state index contributed by atoms with van der Waals surface area (Å²) in [6, 6.07) is 5.15. The average Bonchev–Trinajstić information content (AvgIpc) is 2.32. The summed E-state index contributed by atoms with van der Waals surface area (Å²) in [4.78, 5) is 22.9. The van der Waals surface area contributed by atoms with E-state index in [4.69, 9.17) is 10.5 Å². The van der Waals surface area contributed by atoms with Gasteiger partial charge in [-0.05, 0) is 26.0 Å². The number of amides is 1. The molecule has 0 unspecified atom stereocenters.